The molecule has 0 aromatic carbocycles. The summed E-state index contributed by atoms with van der Waals surface area (Å²) in [5.74, 6) is 1.14. The zero-order chi connectivity index (χ0) is 8.10. The molecule has 0 aromatic rings. The van der Waals surface area contributed by atoms with Gasteiger partial charge in [-0.25, -0.2) is 0 Å². The summed E-state index contributed by atoms with van der Waals surface area (Å²) in [5.41, 5.74) is 0. The Balaban J connectivity index is 2.16. The third-order valence-corrected chi connectivity index (χ3v) is 15.1. The Hall–Kier alpha value is 0.792. The SMILES string of the molecule is C[CH2][Pb]([CH2]C)[CH2]C1C[CH+]CC1. The van der Waals surface area contributed by atoms with E-state index >= 15 is 0 Å². The Morgan fingerprint density at radius 3 is 2.55 bits per heavy atom. The van der Waals surface area contributed by atoms with Gasteiger partial charge in [-0.05, 0) is 0 Å². The van der Waals surface area contributed by atoms with Gasteiger partial charge in [0.2, 0.25) is 0 Å². The van der Waals surface area contributed by atoms with Gasteiger partial charge < -0.3 is 0 Å². The molecule has 1 rings (SSSR count). The summed E-state index contributed by atoms with van der Waals surface area (Å²) < 4.78 is 4.89. The summed E-state index contributed by atoms with van der Waals surface area (Å²) in [5, 5.41) is 0. The molecule has 0 aliphatic heterocycles. The van der Waals surface area contributed by atoms with Crippen molar-refractivity contribution in [3.63, 3.8) is 0 Å². The summed E-state index contributed by atoms with van der Waals surface area (Å²) in [6, 6.07) is 0. The van der Waals surface area contributed by atoms with Crippen LogP contribution in [0.25, 0.3) is 0 Å². The number of hydrogen-bond acceptors (Lipinski definition) is 0. The van der Waals surface area contributed by atoms with Gasteiger partial charge in [-0.1, -0.05) is 0 Å². The molecule has 0 bridgehead atoms. The summed E-state index contributed by atoms with van der Waals surface area (Å²) in [7, 11) is 0. The van der Waals surface area contributed by atoms with Crippen LogP contribution in [0.2, 0.25) is 11.9 Å². The van der Waals surface area contributed by atoms with Crippen LogP contribution in [0.1, 0.15) is 33.1 Å². The van der Waals surface area contributed by atoms with Crippen LogP contribution in [-0.4, -0.2) is 22.7 Å². The molecule has 1 unspecified atom stereocenters. The fourth-order valence-corrected chi connectivity index (χ4v) is 10.8. The monoisotopic (exact) mass is 348 g/mol. The van der Waals surface area contributed by atoms with Gasteiger partial charge in [0.05, 0.1) is 0 Å². The van der Waals surface area contributed by atoms with Crippen LogP contribution in [0.4, 0.5) is 0 Å². The summed E-state index contributed by atoms with van der Waals surface area (Å²) in [4.78, 5) is 0. The van der Waals surface area contributed by atoms with Gasteiger partial charge in [0.1, 0.15) is 0 Å². The van der Waals surface area contributed by atoms with Crippen molar-refractivity contribution in [3.8, 4) is 0 Å². The third kappa shape index (κ3) is 3.35. The molecule has 0 aromatic heterocycles. The van der Waals surface area contributed by atoms with Crippen molar-refractivity contribution in [2.24, 2.45) is 5.92 Å². The van der Waals surface area contributed by atoms with Crippen molar-refractivity contribution in [3.05, 3.63) is 6.42 Å². The van der Waals surface area contributed by atoms with Gasteiger partial charge in [-0.3, -0.25) is 0 Å². The van der Waals surface area contributed by atoms with Crippen molar-refractivity contribution in [1.29, 1.82) is 0 Å². The molecule has 1 aliphatic rings. The minimum absolute atomic E-state index is 0.943. The van der Waals surface area contributed by atoms with Gasteiger partial charge in [0.25, 0.3) is 0 Å². The standard InChI is InChI=1S/C6H10.2C2H5.Pb/c1-6-4-2-3-5-6;2*1-2;/h2,6H,1,3-5H2;2*1H2,2H3;/q+1;;;. The molecule has 1 radical (unpaired) electrons. The molecule has 1 atom stereocenters. The molecule has 63 valence electrons. The van der Waals surface area contributed by atoms with Crippen LogP contribution >= 0.6 is 0 Å². The van der Waals surface area contributed by atoms with Gasteiger partial charge in [-0.15, -0.1) is 0 Å². The topological polar surface area (TPSA) is 0 Å². The molecule has 1 heteroatoms. The van der Waals surface area contributed by atoms with E-state index in [0.717, 1.165) is 5.92 Å². The van der Waals surface area contributed by atoms with E-state index < -0.39 is 22.7 Å². The molecule has 0 heterocycles. The van der Waals surface area contributed by atoms with Crippen LogP contribution in [0.3, 0.4) is 0 Å². The summed E-state index contributed by atoms with van der Waals surface area (Å²) >= 11 is -0.943. The van der Waals surface area contributed by atoms with Crippen molar-refractivity contribution in [2.75, 3.05) is 0 Å². The number of hydrogen-bond donors (Lipinski definition) is 0. The van der Waals surface area contributed by atoms with Gasteiger partial charge in [0, 0.05) is 0 Å². The third-order valence-electron chi connectivity index (χ3n) is 2.86. The summed E-state index contributed by atoms with van der Waals surface area (Å²) in [6.45, 7) is 4.84. The Morgan fingerprint density at radius 1 is 1.36 bits per heavy atom. The fourth-order valence-electron chi connectivity index (χ4n) is 1.96. The second-order valence-electron chi connectivity index (χ2n) is 3.63. The Bertz CT molecular complexity index is 91.0. The molecule has 0 spiro atoms. The molecule has 0 N–H and O–H groups in total. The molecule has 0 nitrogen and oxygen atoms in total. The molecule has 1 saturated carbocycles. The number of rotatable bonds is 4. The van der Waals surface area contributed by atoms with Crippen molar-refractivity contribution in [2.45, 2.75) is 45.1 Å². The van der Waals surface area contributed by atoms with E-state index in [1.54, 1.807) is 11.9 Å². The second kappa shape index (κ2) is 5.44. The van der Waals surface area contributed by atoms with E-state index in [1.165, 1.54) is 19.3 Å². The fraction of sp³-hybridized carbons (Fsp3) is 0.900. The Kier molecular flexibility index (Phi) is 4.88. The summed E-state index contributed by atoms with van der Waals surface area (Å²) in [6.07, 6.45) is 6.89. The van der Waals surface area contributed by atoms with E-state index in [-0.39, 0.29) is 0 Å². The molecule has 0 amide bonds. The Labute approximate surface area is 79.9 Å². The molecular formula is C10H20Pb+. The second-order valence-corrected chi connectivity index (χ2v) is 16.5. The van der Waals surface area contributed by atoms with Gasteiger partial charge in [-0.2, -0.15) is 0 Å². The first-order valence-electron chi connectivity index (χ1n) is 5.02. The predicted octanol–water partition coefficient (Wildman–Crippen LogP) is 3.53. The zero-order valence-electron chi connectivity index (χ0n) is 7.90. The van der Waals surface area contributed by atoms with Crippen molar-refractivity contribution < 1.29 is 0 Å². The zero-order valence-corrected chi connectivity index (χ0v) is 11.8. The van der Waals surface area contributed by atoms with Crippen LogP contribution in [0, 0.1) is 12.3 Å². The molecular weight excluding hydrogens is 327 g/mol. The maximum atomic E-state index is 2.50. The van der Waals surface area contributed by atoms with Gasteiger partial charge >= 0.3 is 80.1 Å². The van der Waals surface area contributed by atoms with Gasteiger partial charge in [0.15, 0.2) is 0 Å². The molecule has 11 heavy (non-hydrogen) atoms. The first kappa shape index (κ1) is 9.88. The van der Waals surface area contributed by atoms with Crippen molar-refractivity contribution in [1.82, 2.24) is 0 Å². The predicted molar refractivity (Wildman–Crippen MR) is 53.2 cm³/mol. The van der Waals surface area contributed by atoms with E-state index in [9.17, 15) is 0 Å². The van der Waals surface area contributed by atoms with Crippen LogP contribution < -0.4 is 0 Å². The normalized spacial score (nSPS) is 24.1. The minimum atomic E-state index is -0.943. The van der Waals surface area contributed by atoms with Crippen molar-refractivity contribution >= 4 is 22.7 Å². The van der Waals surface area contributed by atoms with E-state index in [1.807, 2.05) is 0 Å². The average molecular weight is 347 g/mol. The van der Waals surface area contributed by atoms with E-state index in [4.69, 9.17) is 0 Å². The molecule has 1 aliphatic carbocycles. The average Bonchev–Trinajstić information content (AvgIpc) is 2.52. The van der Waals surface area contributed by atoms with E-state index in [0.29, 0.717) is 0 Å². The quantitative estimate of drug-likeness (QED) is 0.539. The molecule has 1 fully saturated rings. The first-order chi connectivity index (χ1) is 5.36. The van der Waals surface area contributed by atoms with E-state index in [2.05, 4.69) is 20.3 Å². The maximum absolute atomic E-state index is 2.50. The van der Waals surface area contributed by atoms with Crippen LogP contribution in [-0.2, 0) is 0 Å². The van der Waals surface area contributed by atoms with Crippen LogP contribution in [0.5, 0.6) is 0 Å². The van der Waals surface area contributed by atoms with Crippen LogP contribution in [0.15, 0.2) is 0 Å². The first-order valence-corrected chi connectivity index (χ1v) is 13.3. The Morgan fingerprint density at radius 2 is 2.09 bits per heavy atom. The molecule has 0 saturated heterocycles.